The smallest absolute Gasteiger partial charge is 0.405 e. The quantitative estimate of drug-likeness (QED) is 0.122. The van der Waals surface area contributed by atoms with Gasteiger partial charge in [-0.2, -0.15) is 0 Å². The van der Waals surface area contributed by atoms with Crippen molar-refractivity contribution in [2.45, 2.75) is 120 Å². The number of ether oxygens (including phenoxy) is 1. The number of nitrogens with zero attached hydrogens (tertiary/aromatic N) is 1. The van der Waals surface area contributed by atoms with Gasteiger partial charge in [-0.25, -0.2) is 4.79 Å². The molecule has 1 aromatic heterocycles. The summed E-state index contributed by atoms with van der Waals surface area (Å²) >= 11 is 1.33. The molecule has 5 atom stereocenters. The molecule has 0 saturated heterocycles. The summed E-state index contributed by atoms with van der Waals surface area (Å²) < 4.78 is 5.24. The van der Waals surface area contributed by atoms with Crippen molar-refractivity contribution >= 4 is 35.2 Å². The summed E-state index contributed by atoms with van der Waals surface area (Å²) in [7, 11) is 1.54. The Morgan fingerprint density at radius 2 is 1.59 bits per heavy atom. The van der Waals surface area contributed by atoms with E-state index in [0.29, 0.717) is 18.1 Å². The fraction of sp³-hybridized carbons (Fsp3) is 0.629. The van der Waals surface area contributed by atoms with Crippen LogP contribution in [-0.2, 0) is 27.2 Å². The molecule has 2 aliphatic carbocycles. The van der Waals surface area contributed by atoms with E-state index in [0.717, 1.165) is 55.4 Å². The number of hydrogen-bond donors (Lipinski definition) is 7. The summed E-state index contributed by atoms with van der Waals surface area (Å²) in [5.41, 5.74) is 1.25. The first kappa shape index (κ1) is 38.1. The minimum absolute atomic E-state index is 0.00597. The number of methoxy groups -OCH3 is 1. The molecule has 1 aromatic carbocycles. The van der Waals surface area contributed by atoms with Crippen molar-refractivity contribution in [2.24, 2.45) is 11.8 Å². The van der Waals surface area contributed by atoms with E-state index in [2.05, 4.69) is 26.3 Å². The second-order valence-electron chi connectivity index (χ2n) is 14.1. The third-order valence-electron chi connectivity index (χ3n) is 9.33. The van der Waals surface area contributed by atoms with Gasteiger partial charge in [0.25, 0.3) is 0 Å². The van der Waals surface area contributed by atoms with Gasteiger partial charge in [0.05, 0.1) is 24.8 Å². The number of amides is 4. The molecule has 49 heavy (non-hydrogen) atoms. The molecule has 2 fully saturated rings. The van der Waals surface area contributed by atoms with E-state index in [1.165, 1.54) is 18.4 Å². The molecule has 0 aliphatic heterocycles. The second-order valence-corrected chi connectivity index (χ2v) is 15.0. The number of carbonyl (C=O) groups is 4. The Morgan fingerprint density at radius 3 is 2.18 bits per heavy atom. The van der Waals surface area contributed by atoms with Crippen LogP contribution < -0.4 is 26.0 Å². The molecule has 7 N–H and O–H groups in total. The molecular weight excluding hydrogens is 650 g/mol. The van der Waals surface area contributed by atoms with E-state index in [1.807, 2.05) is 0 Å². The van der Waals surface area contributed by atoms with Gasteiger partial charge < -0.3 is 41.3 Å². The highest BCUT2D eigenvalue weighted by molar-refractivity contribution is 7.09. The number of hydrogen-bond acceptors (Lipinski definition) is 9. The maximum atomic E-state index is 14.0. The highest BCUT2D eigenvalue weighted by Crippen LogP contribution is 2.36. The fourth-order valence-corrected chi connectivity index (χ4v) is 7.16. The molecule has 1 heterocycles. The van der Waals surface area contributed by atoms with Crippen LogP contribution in [-0.4, -0.2) is 87.1 Å². The molecule has 0 spiro atoms. The third-order valence-corrected chi connectivity index (χ3v) is 10.1. The maximum absolute atomic E-state index is 14.0. The Hall–Kier alpha value is -3.75. The molecule has 4 rings (SSSR count). The first-order valence-electron chi connectivity index (χ1n) is 17.1. The molecule has 270 valence electrons. The van der Waals surface area contributed by atoms with Gasteiger partial charge in [0.2, 0.25) is 17.7 Å². The molecule has 14 heteroatoms. The van der Waals surface area contributed by atoms with E-state index >= 15 is 0 Å². The van der Waals surface area contributed by atoms with Crippen molar-refractivity contribution in [1.29, 1.82) is 0 Å². The first-order valence-corrected chi connectivity index (χ1v) is 18.0. The number of aliphatic hydroxyl groups excluding tert-OH is 2. The summed E-state index contributed by atoms with van der Waals surface area (Å²) in [6.45, 7) is 3.13. The topological polar surface area (TPSA) is 199 Å². The third kappa shape index (κ3) is 12.3. The number of carbonyl (C=O) groups excluding carboxylic acids is 3. The Bertz CT molecular complexity index is 1380. The minimum atomic E-state index is -1.28. The molecule has 2 aliphatic rings. The second kappa shape index (κ2) is 17.8. The number of aromatic nitrogens is 1. The lowest BCUT2D eigenvalue weighted by Crippen LogP contribution is -2.59. The lowest BCUT2D eigenvalue weighted by atomic mass is 9.82. The number of benzene rings is 1. The van der Waals surface area contributed by atoms with Gasteiger partial charge in [-0.15, -0.1) is 11.3 Å². The first-order chi connectivity index (χ1) is 23.3. The number of nitrogens with one attached hydrogen (secondary N) is 4. The number of carboxylic acid groups (broad SMARTS) is 1. The summed E-state index contributed by atoms with van der Waals surface area (Å²) in [5.74, 6) is -0.745. The predicted molar refractivity (Wildman–Crippen MR) is 184 cm³/mol. The van der Waals surface area contributed by atoms with Crippen LogP contribution in [0, 0.1) is 11.8 Å². The SMILES string of the molecule is COc1ccc(C[C@H](NC(=O)CC(C)(C)NC(=O)O)C(=O)N[C@@H](Cc2cncs2)C(=O)N[C@@H](CC2CCCCC2)[C@@H](O)[C@@H](O)C2CC2)cc1. The average molecular weight is 702 g/mol. The van der Waals surface area contributed by atoms with Crippen molar-refractivity contribution < 1.29 is 39.2 Å². The fourth-order valence-electron chi connectivity index (χ4n) is 6.52. The summed E-state index contributed by atoms with van der Waals surface area (Å²) in [6.07, 6.45) is 5.71. The van der Waals surface area contributed by atoms with Gasteiger partial charge >= 0.3 is 6.09 Å². The molecule has 0 bridgehead atoms. The molecule has 2 saturated carbocycles. The summed E-state index contributed by atoms with van der Waals surface area (Å²) in [5, 5.41) is 42.2. The zero-order valence-corrected chi connectivity index (χ0v) is 29.3. The van der Waals surface area contributed by atoms with Crippen LogP contribution in [0.25, 0.3) is 0 Å². The van der Waals surface area contributed by atoms with Crippen molar-refractivity contribution in [3.63, 3.8) is 0 Å². The Kier molecular flexibility index (Phi) is 13.8. The normalized spacial score (nSPS) is 18.3. The zero-order valence-electron chi connectivity index (χ0n) is 28.5. The van der Waals surface area contributed by atoms with Crippen molar-refractivity contribution in [3.05, 3.63) is 46.4 Å². The summed E-state index contributed by atoms with van der Waals surface area (Å²) in [4.78, 5) is 57.3. The number of aliphatic hydroxyl groups is 2. The van der Waals surface area contributed by atoms with Crippen LogP contribution in [0.15, 0.2) is 36.0 Å². The molecule has 2 aromatic rings. The van der Waals surface area contributed by atoms with Crippen LogP contribution in [0.5, 0.6) is 5.75 Å². The molecule has 0 unspecified atom stereocenters. The highest BCUT2D eigenvalue weighted by Gasteiger charge is 2.40. The van der Waals surface area contributed by atoms with Crippen molar-refractivity contribution in [2.75, 3.05) is 7.11 Å². The zero-order chi connectivity index (χ0) is 35.6. The Labute approximate surface area is 291 Å². The number of rotatable bonds is 18. The maximum Gasteiger partial charge on any atom is 0.405 e. The van der Waals surface area contributed by atoms with E-state index in [1.54, 1.807) is 49.8 Å². The van der Waals surface area contributed by atoms with Gasteiger partial charge in [0.15, 0.2) is 0 Å². The van der Waals surface area contributed by atoms with Gasteiger partial charge in [-0.3, -0.25) is 19.4 Å². The van der Waals surface area contributed by atoms with Crippen molar-refractivity contribution in [3.8, 4) is 5.75 Å². The van der Waals surface area contributed by atoms with E-state index in [-0.39, 0.29) is 25.2 Å². The van der Waals surface area contributed by atoms with Gasteiger partial charge in [0.1, 0.15) is 23.9 Å². The van der Waals surface area contributed by atoms with Crippen LogP contribution in [0.1, 0.15) is 82.1 Å². The van der Waals surface area contributed by atoms with Gasteiger partial charge in [-0.1, -0.05) is 44.2 Å². The summed E-state index contributed by atoms with van der Waals surface area (Å²) in [6, 6.07) is 4.12. The van der Waals surface area contributed by atoms with Gasteiger partial charge in [0, 0.05) is 35.9 Å². The van der Waals surface area contributed by atoms with Crippen LogP contribution in [0.4, 0.5) is 4.79 Å². The lowest BCUT2D eigenvalue weighted by Gasteiger charge is -2.33. The largest absolute Gasteiger partial charge is 0.497 e. The van der Waals surface area contributed by atoms with Crippen LogP contribution in [0.3, 0.4) is 0 Å². The molecule has 0 radical (unpaired) electrons. The van der Waals surface area contributed by atoms with Crippen molar-refractivity contribution in [1.82, 2.24) is 26.3 Å². The monoisotopic (exact) mass is 701 g/mol. The Balaban J connectivity index is 1.55. The van der Waals surface area contributed by atoms with E-state index in [9.17, 15) is 34.5 Å². The Morgan fingerprint density at radius 1 is 0.939 bits per heavy atom. The van der Waals surface area contributed by atoms with Crippen LogP contribution in [0.2, 0.25) is 0 Å². The van der Waals surface area contributed by atoms with E-state index < -0.39 is 59.7 Å². The minimum Gasteiger partial charge on any atom is -0.497 e. The average Bonchev–Trinajstić information content (AvgIpc) is 3.78. The van der Waals surface area contributed by atoms with Crippen LogP contribution >= 0.6 is 11.3 Å². The number of thiazole rings is 1. The molecule has 4 amide bonds. The predicted octanol–water partition coefficient (Wildman–Crippen LogP) is 2.93. The molecular formula is C35H51N5O8S. The van der Waals surface area contributed by atoms with Gasteiger partial charge in [-0.05, 0) is 62.6 Å². The lowest BCUT2D eigenvalue weighted by molar-refractivity contribution is -0.133. The van der Waals surface area contributed by atoms with E-state index in [4.69, 9.17) is 4.74 Å². The highest BCUT2D eigenvalue weighted by atomic mass is 32.1. The molecule has 13 nitrogen and oxygen atoms in total. The standard InChI is InChI=1S/C35H51N5O8S/c1-35(2,40-34(46)47)18-29(41)37-27(16-22-9-13-24(48-3)14-10-22)32(44)39-28(17-25-19-36-20-49-25)33(45)38-26(15-21-7-5-4-6-8-21)31(43)30(42)23-11-12-23/h9-10,13-14,19-21,23,26-28,30-31,40,42-43H,4-8,11-12,15-18H2,1-3H3,(H,37,41)(H,38,45)(H,39,44)(H,46,47)/t26-,27-,28-,30-,31+/m0/s1.